The molecule has 3 aromatic rings. The molecule has 1 atom stereocenters. The van der Waals surface area contributed by atoms with Crippen LogP contribution in [-0.4, -0.2) is 43.3 Å². The number of Topliss-reactive ketones (excluding diaryl/α,β-unsaturated/α-hetero) is 1. The van der Waals surface area contributed by atoms with Gasteiger partial charge in [0, 0.05) is 17.2 Å². The molecule has 33 heavy (non-hydrogen) atoms. The Morgan fingerprint density at radius 1 is 1.03 bits per heavy atom. The highest BCUT2D eigenvalue weighted by Gasteiger charge is 2.49. The van der Waals surface area contributed by atoms with Crippen molar-refractivity contribution in [3.05, 3.63) is 71.0 Å². The number of anilines is 1. The van der Waals surface area contributed by atoms with Gasteiger partial charge in [-0.25, -0.2) is 0 Å². The predicted molar refractivity (Wildman–Crippen MR) is 119 cm³/mol. The van der Waals surface area contributed by atoms with Crippen molar-refractivity contribution in [1.82, 2.24) is 5.16 Å². The summed E-state index contributed by atoms with van der Waals surface area (Å²) in [7, 11) is 4.46. The SMILES string of the molecule is COc1ccc(/C(O)=C2/C(=O)C(=O)N(c3cc(C)on3)C2c2cccc(OC)c2OC)cc1. The van der Waals surface area contributed by atoms with Crippen LogP contribution in [0.25, 0.3) is 5.76 Å². The van der Waals surface area contributed by atoms with Crippen LogP contribution >= 0.6 is 0 Å². The predicted octanol–water partition coefficient (Wildman–Crippen LogP) is 3.64. The zero-order chi connectivity index (χ0) is 23.7. The van der Waals surface area contributed by atoms with E-state index >= 15 is 0 Å². The van der Waals surface area contributed by atoms with Gasteiger partial charge in [-0.2, -0.15) is 0 Å². The monoisotopic (exact) mass is 450 g/mol. The molecule has 0 saturated carbocycles. The molecule has 2 aromatic carbocycles. The standard InChI is InChI=1S/C24H22N2O7/c1-13-12-18(25-33-13)26-20(16-6-5-7-17(31-3)23(16)32-4)19(22(28)24(26)29)21(27)14-8-10-15(30-2)11-9-14/h5-12,20,27H,1-4H3/b21-19-. The molecule has 1 fully saturated rings. The summed E-state index contributed by atoms with van der Waals surface area (Å²) in [6.45, 7) is 1.67. The number of aliphatic hydroxyl groups is 1. The van der Waals surface area contributed by atoms with E-state index in [1.165, 1.54) is 32.3 Å². The molecular formula is C24H22N2O7. The lowest BCUT2D eigenvalue weighted by Crippen LogP contribution is -2.30. The number of para-hydroxylation sites is 1. The van der Waals surface area contributed by atoms with Crippen molar-refractivity contribution in [2.24, 2.45) is 0 Å². The van der Waals surface area contributed by atoms with Crippen LogP contribution in [0.5, 0.6) is 17.2 Å². The number of hydrogen-bond donors (Lipinski definition) is 1. The molecule has 9 heteroatoms. The molecule has 1 aliphatic rings. The van der Waals surface area contributed by atoms with Crippen LogP contribution in [-0.2, 0) is 9.59 Å². The van der Waals surface area contributed by atoms with Crippen LogP contribution < -0.4 is 19.1 Å². The summed E-state index contributed by atoms with van der Waals surface area (Å²) in [5.41, 5.74) is 0.668. The smallest absolute Gasteiger partial charge is 0.301 e. The largest absolute Gasteiger partial charge is 0.507 e. The van der Waals surface area contributed by atoms with Crippen molar-refractivity contribution in [2.45, 2.75) is 13.0 Å². The molecule has 0 bridgehead atoms. The summed E-state index contributed by atoms with van der Waals surface area (Å²) in [6, 6.07) is 12.1. The van der Waals surface area contributed by atoms with Crippen molar-refractivity contribution in [1.29, 1.82) is 0 Å². The zero-order valence-electron chi connectivity index (χ0n) is 18.5. The molecule has 1 amide bonds. The minimum atomic E-state index is -1.04. The van der Waals surface area contributed by atoms with E-state index in [4.69, 9.17) is 18.7 Å². The molecule has 4 rings (SSSR count). The van der Waals surface area contributed by atoms with Crippen LogP contribution in [0.15, 0.2) is 58.6 Å². The molecule has 1 aromatic heterocycles. The van der Waals surface area contributed by atoms with Gasteiger partial charge in [0.15, 0.2) is 17.3 Å². The Hall–Kier alpha value is -4.27. The second-order valence-corrected chi connectivity index (χ2v) is 7.28. The second-order valence-electron chi connectivity index (χ2n) is 7.28. The highest BCUT2D eigenvalue weighted by Crippen LogP contribution is 2.47. The van der Waals surface area contributed by atoms with Gasteiger partial charge >= 0.3 is 5.91 Å². The topological polar surface area (TPSA) is 111 Å². The molecule has 2 heterocycles. The molecule has 1 saturated heterocycles. The third-order valence-electron chi connectivity index (χ3n) is 5.40. The molecule has 9 nitrogen and oxygen atoms in total. The number of hydrogen-bond acceptors (Lipinski definition) is 8. The summed E-state index contributed by atoms with van der Waals surface area (Å²) in [5, 5.41) is 15.1. The van der Waals surface area contributed by atoms with Crippen molar-refractivity contribution >= 4 is 23.3 Å². The first-order valence-corrected chi connectivity index (χ1v) is 10.0. The first-order valence-electron chi connectivity index (χ1n) is 10.0. The van der Waals surface area contributed by atoms with E-state index in [1.54, 1.807) is 49.4 Å². The number of rotatable bonds is 6. The number of methoxy groups -OCH3 is 3. The van der Waals surface area contributed by atoms with Crippen LogP contribution in [0.4, 0.5) is 5.82 Å². The number of nitrogens with zero attached hydrogens (tertiary/aromatic N) is 2. The van der Waals surface area contributed by atoms with Gasteiger partial charge in [0.05, 0.1) is 26.9 Å². The number of ether oxygens (including phenoxy) is 3. The highest BCUT2D eigenvalue weighted by atomic mass is 16.5. The average Bonchev–Trinajstić information content (AvgIpc) is 3.38. The lowest BCUT2D eigenvalue weighted by atomic mass is 9.94. The Bertz CT molecular complexity index is 1240. The highest BCUT2D eigenvalue weighted by molar-refractivity contribution is 6.51. The first-order chi connectivity index (χ1) is 15.9. The molecule has 0 aliphatic carbocycles. The lowest BCUT2D eigenvalue weighted by molar-refractivity contribution is -0.132. The number of benzene rings is 2. The van der Waals surface area contributed by atoms with Gasteiger partial charge in [-0.1, -0.05) is 17.3 Å². The summed E-state index contributed by atoms with van der Waals surface area (Å²) in [6.07, 6.45) is 0. The normalized spacial score (nSPS) is 17.3. The summed E-state index contributed by atoms with van der Waals surface area (Å²) in [5.74, 6) is -0.160. The molecule has 0 spiro atoms. The number of aromatic nitrogens is 1. The molecule has 1 N–H and O–H groups in total. The fourth-order valence-electron chi connectivity index (χ4n) is 3.86. The van der Waals surface area contributed by atoms with Crippen molar-refractivity contribution < 1.29 is 33.4 Å². The van der Waals surface area contributed by atoms with Crippen LogP contribution in [0.1, 0.15) is 22.9 Å². The third-order valence-corrected chi connectivity index (χ3v) is 5.40. The van der Waals surface area contributed by atoms with Gasteiger partial charge in [-0.05, 0) is 37.3 Å². The van der Waals surface area contributed by atoms with E-state index in [9.17, 15) is 14.7 Å². The quantitative estimate of drug-likeness (QED) is 0.344. The van der Waals surface area contributed by atoms with Gasteiger partial charge in [0.2, 0.25) is 0 Å². The maximum Gasteiger partial charge on any atom is 0.301 e. The Morgan fingerprint density at radius 2 is 1.76 bits per heavy atom. The minimum Gasteiger partial charge on any atom is -0.507 e. The maximum atomic E-state index is 13.2. The number of ketones is 1. The van der Waals surface area contributed by atoms with Gasteiger partial charge in [0.25, 0.3) is 5.78 Å². The molecular weight excluding hydrogens is 428 g/mol. The van der Waals surface area contributed by atoms with Crippen molar-refractivity contribution in [3.8, 4) is 17.2 Å². The number of carbonyl (C=O) groups excluding carboxylic acids is 2. The molecule has 0 radical (unpaired) electrons. The summed E-state index contributed by atoms with van der Waals surface area (Å²) in [4.78, 5) is 27.5. The number of amides is 1. The lowest BCUT2D eigenvalue weighted by Gasteiger charge is -2.25. The summed E-state index contributed by atoms with van der Waals surface area (Å²) < 4.78 is 21.3. The number of aliphatic hydroxyl groups excluding tert-OH is 1. The summed E-state index contributed by atoms with van der Waals surface area (Å²) >= 11 is 0. The molecule has 1 unspecified atom stereocenters. The minimum absolute atomic E-state index is 0.114. The fourth-order valence-corrected chi connectivity index (χ4v) is 3.86. The Labute approximate surface area is 189 Å². The Balaban J connectivity index is 1.98. The molecule has 170 valence electrons. The first kappa shape index (κ1) is 21.9. The second kappa shape index (κ2) is 8.70. The van der Waals surface area contributed by atoms with Crippen molar-refractivity contribution in [2.75, 3.05) is 26.2 Å². The third kappa shape index (κ3) is 3.67. The van der Waals surface area contributed by atoms with E-state index < -0.39 is 17.7 Å². The van der Waals surface area contributed by atoms with E-state index in [1.807, 2.05) is 0 Å². The van der Waals surface area contributed by atoms with Crippen LogP contribution in [0.2, 0.25) is 0 Å². The number of carbonyl (C=O) groups is 2. The van der Waals surface area contributed by atoms with Gasteiger partial charge in [-0.15, -0.1) is 0 Å². The van der Waals surface area contributed by atoms with Gasteiger partial charge < -0.3 is 23.8 Å². The maximum absolute atomic E-state index is 13.2. The Kier molecular flexibility index (Phi) is 5.78. The average molecular weight is 450 g/mol. The van der Waals surface area contributed by atoms with E-state index in [0.29, 0.717) is 34.1 Å². The zero-order valence-corrected chi connectivity index (χ0v) is 18.5. The van der Waals surface area contributed by atoms with Gasteiger partial charge in [0.1, 0.15) is 23.3 Å². The van der Waals surface area contributed by atoms with E-state index in [-0.39, 0.29) is 17.2 Å². The molecule has 1 aliphatic heterocycles. The Morgan fingerprint density at radius 3 is 2.33 bits per heavy atom. The van der Waals surface area contributed by atoms with Crippen LogP contribution in [0.3, 0.4) is 0 Å². The fraction of sp³-hybridized carbons (Fsp3) is 0.208. The van der Waals surface area contributed by atoms with Crippen LogP contribution in [0, 0.1) is 6.92 Å². The number of aryl methyl sites for hydroxylation is 1. The van der Waals surface area contributed by atoms with E-state index in [0.717, 1.165) is 0 Å². The van der Waals surface area contributed by atoms with E-state index in [2.05, 4.69) is 5.16 Å². The van der Waals surface area contributed by atoms with Crippen molar-refractivity contribution in [3.63, 3.8) is 0 Å². The van der Waals surface area contributed by atoms with Gasteiger partial charge in [-0.3, -0.25) is 14.5 Å².